The number of phenols is 1. The molecule has 1 N–H and O–H groups in total. The van der Waals surface area contributed by atoms with Crippen molar-refractivity contribution in [2.75, 3.05) is 0 Å². The third kappa shape index (κ3) is 11.4. The molecule has 7 aromatic carbocycles. The van der Waals surface area contributed by atoms with Crippen LogP contribution >= 0.6 is 0 Å². The van der Waals surface area contributed by atoms with Crippen LogP contribution in [0.4, 0.5) is 0 Å². The number of pyridine rings is 1. The molecule has 2 aromatic heterocycles. The number of aromatic hydroxyl groups is 1. The number of fused-ring (bicyclic) bond motifs is 1. The van der Waals surface area contributed by atoms with E-state index in [0.717, 1.165) is 78.0 Å². The van der Waals surface area contributed by atoms with Gasteiger partial charge in [0.25, 0.3) is 0 Å². The third-order valence-electron chi connectivity index (χ3n) is 14.2. The van der Waals surface area contributed by atoms with Gasteiger partial charge in [-0.25, -0.2) is 4.98 Å². The van der Waals surface area contributed by atoms with Crippen LogP contribution in [0.5, 0.6) is 5.75 Å². The van der Waals surface area contributed by atoms with E-state index in [9.17, 15) is 5.11 Å². The first kappa shape index (κ1) is 53.7. The SMILES string of the molecule is CC(C)(C)c1cc(-c2cc(-c3ccc([Si](C)(C)[CH2][Ge]([CH3])([CH3])[CH3])cc3)ccn2)[c-]c(-c2cccc3c2nc(-c2cc(C(C)(C)C)cc(C(C)(C)C)c2O)n3-c2ccc(-c3ccccc3)cc2-c2ccccc2)c1.[Pt]. The molecule has 73 heavy (non-hydrogen) atoms. The first-order chi connectivity index (χ1) is 33.9. The number of hydrogen-bond acceptors (Lipinski definition) is 3. The summed E-state index contributed by atoms with van der Waals surface area (Å²) in [5.74, 6) is 8.54. The fourth-order valence-corrected chi connectivity index (χ4v) is 32.4. The Hall–Kier alpha value is -5.59. The summed E-state index contributed by atoms with van der Waals surface area (Å²) in [5.41, 5.74) is 16.4. The van der Waals surface area contributed by atoms with Gasteiger partial charge in [-0.15, -0.1) is 6.07 Å². The average molecular weight is 1220 g/mol. The third-order valence-corrected chi connectivity index (χ3v) is 30.3. The van der Waals surface area contributed by atoms with Crippen LogP contribution < -0.4 is 5.19 Å². The minimum atomic E-state index is -1.73. The molecule has 9 rings (SSSR count). The zero-order chi connectivity index (χ0) is 51.5. The van der Waals surface area contributed by atoms with Crippen molar-refractivity contribution in [1.82, 2.24) is 14.5 Å². The molecule has 0 saturated heterocycles. The number of rotatable bonds is 10. The van der Waals surface area contributed by atoms with Crippen molar-refractivity contribution in [1.29, 1.82) is 0 Å². The second-order valence-corrected chi connectivity index (χ2v) is 42.6. The van der Waals surface area contributed by atoms with Crippen LogP contribution in [0.25, 0.3) is 83.9 Å². The molecule has 0 aliphatic rings. The molecular weight excluding hydrogens is 1150 g/mol. The molecule has 4 nitrogen and oxygen atoms in total. The van der Waals surface area contributed by atoms with E-state index in [2.05, 4.69) is 261 Å². The first-order valence-corrected chi connectivity index (χ1v) is 36.6. The molecule has 7 heteroatoms. The Bertz CT molecular complexity index is 3440. The van der Waals surface area contributed by atoms with Crippen molar-refractivity contribution in [3.63, 3.8) is 0 Å². The fourth-order valence-electron chi connectivity index (χ4n) is 10.5. The van der Waals surface area contributed by atoms with E-state index in [1.54, 1.807) is 0 Å². The van der Waals surface area contributed by atoms with Crippen molar-refractivity contribution in [3.8, 4) is 78.6 Å². The second kappa shape index (κ2) is 20.3. The minimum Gasteiger partial charge on any atom is -0.507 e. The standard InChI is InChI=1S/C66H72GeN3OSi.Pt/c1-64(2,3)51-37-49(36-50(38-51)58-40-48(34-35-68-58)45-28-31-53(32-29-45)72(13,14)43-67(10,11)12)54-26-21-27-60-61(54)69-63(56-41-52(65(4,5)6)42-57(62(56)71)66(7,8)9)70(60)59-33-30-47(44-22-17-15-18-23-44)39-55(59)46-24-19-16-20-25-46;/h15-35,37-42,71H,43H2,1-14H3;/q-1;. The minimum absolute atomic E-state index is 0. The molecule has 0 fully saturated rings. The monoisotopic (exact) mass is 1220 g/mol. The molecule has 0 aliphatic carbocycles. The Kier molecular flexibility index (Phi) is 14.9. The van der Waals surface area contributed by atoms with E-state index in [4.69, 9.17) is 9.97 Å². The normalized spacial score (nSPS) is 12.5. The van der Waals surface area contributed by atoms with Gasteiger partial charge in [-0.3, -0.25) is 4.57 Å². The van der Waals surface area contributed by atoms with Crippen LogP contribution in [0.3, 0.4) is 0 Å². The van der Waals surface area contributed by atoms with E-state index in [-0.39, 0.29) is 43.1 Å². The summed E-state index contributed by atoms with van der Waals surface area (Å²) in [4.78, 5) is 12.2. The number of benzene rings is 7. The van der Waals surface area contributed by atoms with Gasteiger partial charge >= 0.3 is 155 Å². The molecule has 376 valence electrons. The second-order valence-electron chi connectivity index (χ2n) is 24.9. The maximum absolute atomic E-state index is 12.6. The molecule has 0 amide bonds. The molecule has 0 spiro atoms. The number of aromatic nitrogens is 3. The molecule has 0 radical (unpaired) electrons. The van der Waals surface area contributed by atoms with Crippen LogP contribution in [-0.4, -0.2) is 41.0 Å². The number of imidazole rings is 1. The first-order valence-electron chi connectivity index (χ1n) is 25.7. The number of para-hydroxylation sites is 1. The van der Waals surface area contributed by atoms with Crippen LogP contribution in [0.1, 0.15) is 79.0 Å². The summed E-state index contributed by atoms with van der Waals surface area (Å²) in [6.45, 7) is 25.1. The smallest absolute Gasteiger partial charge is 0.507 e. The molecule has 0 bridgehead atoms. The Labute approximate surface area is 454 Å². The average Bonchev–Trinajstić information content (AvgIpc) is 3.72. The van der Waals surface area contributed by atoms with Gasteiger partial charge in [0.15, 0.2) is 0 Å². The van der Waals surface area contributed by atoms with Gasteiger partial charge < -0.3 is 5.11 Å². The summed E-state index contributed by atoms with van der Waals surface area (Å²) in [6.07, 6.45) is 1.94. The summed E-state index contributed by atoms with van der Waals surface area (Å²) in [5, 5.41) is 14.2. The zero-order valence-corrected chi connectivity index (χ0v) is 50.8. The van der Waals surface area contributed by atoms with Crippen molar-refractivity contribution >= 4 is 37.6 Å². The molecule has 0 atom stereocenters. The van der Waals surface area contributed by atoms with E-state index in [1.807, 2.05) is 6.20 Å². The molecule has 0 unspecified atom stereocenters. The molecule has 0 aliphatic heterocycles. The van der Waals surface area contributed by atoms with Crippen LogP contribution in [-0.2, 0) is 37.3 Å². The van der Waals surface area contributed by atoms with E-state index >= 15 is 0 Å². The fraction of sp³-hybridized carbons (Fsp3) is 0.273. The maximum atomic E-state index is 12.6. The van der Waals surface area contributed by atoms with Gasteiger partial charge in [0, 0.05) is 32.2 Å². The van der Waals surface area contributed by atoms with Crippen LogP contribution in [0.15, 0.2) is 164 Å². The van der Waals surface area contributed by atoms with Gasteiger partial charge in [0.2, 0.25) is 0 Å². The number of hydrogen-bond donors (Lipinski definition) is 1. The summed E-state index contributed by atoms with van der Waals surface area (Å²) < 4.78 is 2.28. The molecule has 9 aromatic rings. The summed E-state index contributed by atoms with van der Waals surface area (Å²) in [6, 6.07) is 60.9. The van der Waals surface area contributed by atoms with Gasteiger partial charge in [0.1, 0.15) is 11.6 Å². The zero-order valence-electron chi connectivity index (χ0n) is 45.4. The van der Waals surface area contributed by atoms with Gasteiger partial charge in [-0.2, -0.15) is 0 Å². The molecule has 0 saturated carbocycles. The predicted octanol–water partition coefficient (Wildman–Crippen LogP) is 17.6. The van der Waals surface area contributed by atoms with Crippen molar-refractivity contribution in [2.24, 2.45) is 0 Å². The van der Waals surface area contributed by atoms with Gasteiger partial charge in [-0.05, 0) is 62.8 Å². The van der Waals surface area contributed by atoms with Gasteiger partial charge in [0.05, 0.1) is 22.3 Å². The molecule has 2 heterocycles. The Morgan fingerprint density at radius 2 is 1.12 bits per heavy atom. The predicted molar refractivity (Wildman–Crippen MR) is 313 cm³/mol. The topological polar surface area (TPSA) is 50.9 Å². The number of nitrogens with zero attached hydrogens (tertiary/aromatic N) is 3. The van der Waals surface area contributed by atoms with Crippen LogP contribution in [0, 0.1) is 6.07 Å². The Morgan fingerprint density at radius 3 is 1.74 bits per heavy atom. The van der Waals surface area contributed by atoms with E-state index < -0.39 is 21.3 Å². The molecular formula is C66H72GeN3OPtSi-. The Morgan fingerprint density at radius 1 is 0.548 bits per heavy atom. The summed E-state index contributed by atoms with van der Waals surface area (Å²) in [7, 11) is -1.54. The van der Waals surface area contributed by atoms with Crippen molar-refractivity contribution < 1.29 is 26.2 Å². The van der Waals surface area contributed by atoms with Crippen molar-refractivity contribution in [3.05, 3.63) is 187 Å². The van der Waals surface area contributed by atoms with E-state index in [1.165, 1.54) is 21.2 Å². The van der Waals surface area contributed by atoms with Crippen LogP contribution in [0.2, 0.25) is 35.2 Å². The Balaban J connectivity index is 0.00000711. The number of phenolic OH excluding ortho intramolecular Hbond substituents is 1. The van der Waals surface area contributed by atoms with Gasteiger partial charge in [-0.1, -0.05) is 153 Å². The van der Waals surface area contributed by atoms with E-state index in [0.29, 0.717) is 11.4 Å². The van der Waals surface area contributed by atoms with Crippen molar-refractivity contribution in [2.45, 2.75) is 114 Å². The quantitative estimate of drug-likeness (QED) is 0.110. The summed E-state index contributed by atoms with van der Waals surface area (Å²) >= 11 is -1.73.